The van der Waals surface area contributed by atoms with Crippen LogP contribution in [0.25, 0.3) is 72.6 Å². The molecule has 0 aliphatic heterocycles. The first-order valence-corrected chi connectivity index (χ1v) is 21.6. The minimum Gasteiger partial charge on any atom is -0.486 e. The molecule has 0 atom stereocenters. The second-order valence-electron chi connectivity index (χ2n) is 17.8. The number of aryl methyl sites for hydroxylation is 1. The van der Waals surface area contributed by atoms with Gasteiger partial charge in [-0.25, -0.2) is 4.98 Å². The molecule has 0 saturated heterocycles. The number of nitrogens with zero attached hydrogens (tertiary/aromatic N) is 4. The molecule has 10 rings (SSSR count). The van der Waals surface area contributed by atoms with Crippen LogP contribution in [0.15, 0.2) is 132 Å². The molecular formula is C56H53FIrN4O-2. The van der Waals surface area contributed by atoms with Crippen LogP contribution in [0.5, 0.6) is 0 Å². The van der Waals surface area contributed by atoms with Crippen LogP contribution >= 0.6 is 0 Å². The molecule has 1 aliphatic rings. The minimum atomic E-state index is -2.35. The predicted octanol–water partition coefficient (Wildman–Crippen LogP) is 15.4. The van der Waals surface area contributed by atoms with Crippen molar-refractivity contribution in [1.29, 1.82) is 0 Å². The van der Waals surface area contributed by atoms with Crippen LogP contribution in [0.1, 0.15) is 113 Å². The second kappa shape index (κ2) is 18.2. The first-order valence-electron chi connectivity index (χ1n) is 23.6. The minimum absolute atomic E-state index is 0. The Bertz CT molecular complexity index is 3160. The van der Waals surface area contributed by atoms with Crippen molar-refractivity contribution in [2.75, 3.05) is 0 Å². The van der Waals surface area contributed by atoms with E-state index in [1.54, 1.807) is 24.4 Å². The van der Waals surface area contributed by atoms with Crippen molar-refractivity contribution in [3.05, 3.63) is 168 Å². The Morgan fingerprint density at radius 3 is 2.21 bits per heavy atom. The summed E-state index contributed by atoms with van der Waals surface area (Å²) in [5, 5.41) is 1.57. The molecular weight excluding hydrogens is 956 g/mol. The van der Waals surface area contributed by atoms with Crippen LogP contribution in [0, 0.1) is 30.2 Å². The first-order chi connectivity index (χ1) is 31.5. The molecule has 0 N–H and O–H groups in total. The molecule has 4 aromatic heterocycles. The number of aromatic nitrogens is 4. The number of hydrogen-bond donors (Lipinski definition) is 0. The summed E-state index contributed by atoms with van der Waals surface area (Å²) in [6.07, 6.45) is 5.63. The van der Waals surface area contributed by atoms with Crippen molar-refractivity contribution >= 4 is 33.1 Å². The maximum Gasteiger partial charge on any atom is 0.216 e. The molecule has 0 spiro atoms. The number of hydrogen-bond acceptors (Lipinski definition) is 4. The van der Waals surface area contributed by atoms with Crippen molar-refractivity contribution in [3.8, 4) is 39.5 Å². The standard InChI is InChI=1S/C45H46N3O.C11H7FN.Ir/c1-27(2)37-25-33(31-18-16-30(17-19-31)32-21-23-45(6,7)24-22-32)26-38(28(3)4)41(37)48-40-14-9-8-13-39(40)47-43(48)36-12-10-11-34-35-20-15-29(5)46-44(35)49-42(34)36;12-10-6-4-9(5-7-10)11-3-1-2-8-13-11;/h8-11,13-20,25-28,32H,21-24H2,1-7H3;1-4,6-8H;/q2*-1;/i5D3,32D;;. The molecule has 63 heavy (non-hydrogen) atoms. The van der Waals surface area contributed by atoms with Gasteiger partial charge in [0.1, 0.15) is 0 Å². The number of benzene rings is 5. The van der Waals surface area contributed by atoms with Crippen molar-refractivity contribution in [1.82, 2.24) is 19.5 Å². The number of fused-ring (bicyclic) bond motifs is 4. The van der Waals surface area contributed by atoms with Crippen LogP contribution in [0.2, 0.25) is 0 Å². The quantitative estimate of drug-likeness (QED) is 0.149. The van der Waals surface area contributed by atoms with Crippen LogP contribution in [0.3, 0.4) is 0 Å². The topological polar surface area (TPSA) is 56.7 Å². The van der Waals surface area contributed by atoms with Gasteiger partial charge in [0.25, 0.3) is 0 Å². The predicted molar refractivity (Wildman–Crippen MR) is 252 cm³/mol. The summed E-state index contributed by atoms with van der Waals surface area (Å²) < 4.78 is 54.2. The molecule has 9 aromatic rings. The Hall–Kier alpha value is -5.75. The van der Waals surface area contributed by atoms with E-state index in [4.69, 9.17) is 13.5 Å². The van der Waals surface area contributed by atoms with Gasteiger partial charge in [0, 0.05) is 54.4 Å². The van der Waals surface area contributed by atoms with Gasteiger partial charge in [0.2, 0.25) is 5.71 Å². The summed E-state index contributed by atoms with van der Waals surface area (Å²) in [4.78, 5) is 13.8. The Morgan fingerprint density at radius 2 is 1.54 bits per heavy atom. The number of halogens is 1. The molecule has 1 saturated carbocycles. The maximum atomic E-state index is 12.6. The fourth-order valence-electron chi connectivity index (χ4n) is 8.70. The van der Waals surface area contributed by atoms with Crippen molar-refractivity contribution in [3.63, 3.8) is 0 Å². The van der Waals surface area contributed by atoms with Crippen LogP contribution in [-0.2, 0) is 20.1 Å². The van der Waals surface area contributed by atoms with E-state index in [0.29, 0.717) is 22.4 Å². The number of para-hydroxylation sites is 2. The first kappa shape index (κ1) is 38.9. The summed E-state index contributed by atoms with van der Waals surface area (Å²) in [5.41, 5.74) is 12.2. The van der Waals surface area contributed by atoms with Crippen molar-refractivity contribution in [2.24, 2.45) is 5.41 Å². The molecule has 0 bridgehead atoms. The van der Waals surface area contributed by atoms with Crippen molar-refractivity contribution < 1.29 is 34.4 Å². The van der Waals surface area contributed by atoms with E-state index < -0.39 is 12.7 Å². The summed E-state index contributed by atoms with van der Waals surface area (Å²) in [6.45, 7) is 11.3. The summed E-state index contributed by atoms with van der Waals surface area (Å²) in [7, 11) is 0. The van der Waals surface area contributed by atoms with Gasteiger partial charge < -0.3 is 14.0 Å². The van der Waals surface area contributed by atoms with Gasteiger partial charge in [-0.15, -0.1) is 48.0 Å². The molecule has 4 heterocycles. The number of imidazole rings is 1. The molecule has 1 fully saturated rings. The van der Waals surface area contributed by atoms with Crippen LogP contribution in [-0.4, -0.2) is 19.5 Å². The normalized spacial score (nSPS) is 15.6. The largest absolute Gasteiger partial charge is 0.486 e. The van der Waals surface area contributed by atoms with Gasteiger partial charge in [-0.2, -0.15) is 0 Å². The molecule has 1 radical (unpaired) electrons. The third kappa shape index (κ3) is 8.92. The number of rotatable bonds is 7. The van der Waals surface area contributed by atoms with E-state index in [0.717, 1.165) is 81.1 Å². The molecule has 5 aromatic carbocycles. The zero-order valence-corrected chi connectivity index (χ0v) is 38.9. The van der Waals surface area contributed by atoms with Gasteiger partial charge in [-0.05, 0) is 132 Å². The van der Waals surface area contributed by atoms with E-state index in [-0.39, 0.29) is 49.2 Å². The Morgan fingerprint density at radius 1 is 0.810 bits per heavy atom. The fourth-order valence-corrected chi connectivity index (χ4v) is 8.70. The molecule has 0 amide bonds. The SMILES string of the molecule is Fc1c[c-]c(-c2ccccn2)cc1.[2H]C([2H])([2H])c1ccc2c(n1)oc1c(-c3nc4ccccc4n3-c3c(C(C)C)cc(-c4ccc(C5([2H])CCC(C)(C)CC5)cc4)cc3C(C)C)[c-]ccc12.[Ir]. The second-order valence-corrected chi connectivity index (χ2v) is 17.8. The van der Waals surface area contributed by atoms with Gasteiger partial charge >= 0.3 is 0 Å². The van der Waals surface area contributed by atoms with E-state index >= 15 is 0 Å². The fraction of sp³-hybridized carbons (Fsp3) is 0.268. The molecule has 321 valence electrons. The van der Waals surface area contributed by atoms with Gasteiger partial charge in [-0.1, -0.05) is 101 Å². The monoisotopic (exact) mass is 1010 g/mol. The van der Waals surface area contributed by atoms with E-state index in [9.17, 15) is 5.76 Å². The van der Waals surface area contributed by atoms with Gasteiger partial charge in [0.15, 0.2) is 0 Å². The summed E-state index contributed by atoms with van der Waals surface area (Å²) >= 11 is 0. The average Bonchev–Trinajstić information content (AvgIpc) is 3.89. The zero-order chi connectivity index (χ0) is 46.5. The molecule has 5 nitrogen and oxygen atoms in total. The van der Waals surface area contributed by atoms with E-state index in [1.165, 1.54) is 23.3 Å². The van der Waals surface area contributed by atoms with Gasteiger partial charge in [-0.3, -0.25) is 9.37 Å². The number of furan rings is 1. The molecule has 1 aliphatic carbocycles. The molecule has 7 heteroatoms. The maximum absolute atomic E-state index is 12.6. The van der Waals surface area contributed by atoms with Crippen LogP contribution < -0.4 is 0 Å². The Labute approximate surface area is 389 Å². The smallest absolute Gasteiger partial charge is 0.216 e. The summed E-state index contributed by atoms with van der Waals surface area (Å²) in [5.74, 6) is 0.262. The zero-order valence-electron chi connectivity index (χ0n) is 40.5. The van der Waals surface area contributed by atoms with Crippen molar-refractivity contribution in [2.45, 2.75) is 91.8 Å². The number of pyridine rings is 2. The molecule has 0 unspecified atom stereocenters. The van der Waals surface area contributed by atoms with Gasteiger partial charge in [0.05, 0.1) is 22.4 Å². The van der Waals surface area contributed by atoms with E-state index in [1.807, 2.05) is 48.5 Å². The third-order valence-electron chi connectivity index (χ3n) is 12.3. The Kier molecular flexibility index (Phi) is 11.2. The van der Waals surface area contributed by atoms with Crippen LogP contribution in [0.4, 0.5) is 4.39 Å². The van der Waals surface area contributed by atoms with E-state index in [2.05, 4.69) is 111 Å². The Balaban J connectivity index is 0.000000374. The third-order valence-corrected chi connectivity index (χ3v) is 12.3. The summed E-state index contributed by atoms with van der Waals surface area (Å²) in [6, 6.07) is 45.0. The average molecular weight is 1010 g/mol.